The van der Waals surface area contributed by atoms with Gasteiger partial charge in [-0.15, -0.1) is 0 Å². The van der Waals surface area contributed by atoms with Gasteiger partial charge in [0.1, 0.15) is 12.0 Å². The van der Waals surface area contributed by atoms with Gasteiger partial charge in [-0.2, -0.15) is 0 Å². The highest BCUT2D eigenvalue weighted by Crippen LogP contribution is 2.72. The monoisotopic (exact) mass is 156 g/mol. The fraction of sp³-hybridized carbons (Fsp3) is 0.875. The van der Waals surface area contributed by atoms with Crippen LogP contribution in [0.3, 0.4) is 0 Å². The number of rotatable bonds is 1. The van der Waals surface area contributed by atoms with Crippen LogP contribution in [0.25, 0.3) is 0 Å². The Bertz CT molecular complexity index is 221. The second-order valence-electron chi connectivity index (χ2n) is 4.00. The molecule has 62 valence electrons. The largest absolute Gasteiger partial charge is 0.464 e. The number of aliphatic hydroxyl groups excluding tert-OH is 1. The van der Waals surface area contributed by atoms with Crippen LogP contribution >= 0.6 is 0 Å². The lowest BCUT2D eigenvalue weighted by molar-refractivity contribution is -0.177. The molecule has 1 saturated carbocycles. The van der Waals surface area contributed by atoms with E-state index in [-0.39, 0.29) is 29.3 Å². The predicted molar refractivity (Wildman–Crippen MR) is 37.7 cm³/mol. The second kappa shape index (κ2) is 1.61. The molecule has 2 atom stereocenters. The molecule has 1 aliphatic heterocycles. The third kappa shape index (κ3) is 0.495. The molecule has 0 amide bonds. The van der Waals surface area contributed by atoms with Gasteiger partial charge in [0.05, 0.1) is 0 Å². The summed E-state index contributed by atoms with van der Waals surface area (Å²) in [6.07, 6.45) is 0. The molecule has 0 bridgehead atoms. The summed E-state index contributed by atoms with van der Waals surface area (Å²) in [4.78, 5) is 11.1. The Morgan fingerprint density at radius 2 is 2.36 bits per heavy atom. The first-order chi connectivity index (χ1) is 5.07. The topological polar surface area (TPSA) is 46.5 Å². The number of carbonyl (C=O) groups is 1. The van der Waals surface area contributed by atoms with Gasteiger partial charge in [0.15, 0.2) is 0 Å². The molecule has 2 fully saturated rings. The van der Waals surface area contributed by atoms with Gasteiger partial charge in [-0.1, -0.05) is 13.8 Å². The zero-order valence-electron chi connectivity index (χ0n) is 6.76. The molecule has 2 unspecified atom stereocenters. The molecule has 1 spiro atoms. The third-order valence-corrected chi connectivity index (χ3v) is 3.51. The Labute approximate surface area is 65.4 Å². The first kappa shape index (κ1) is 7.10. The molecular formula is C8H12O3. The van der Waals surface area contributed by atoms with Crippen molar-refractivity contribution in [3.63, 3.8) is 0 Å². The van der Waals surface area contributed by atoms with Crippen molar-refractivity contribution in [3.8, 4) is 0 Å². The normalized spacial score (nSPS) is 45.0. The maximum atomic E-state index is 11.1. The predicted octanol–water partition coefficient (Wildman–Crippen LogP) is 0.178. The molecule has 1 aliphatic carbocycles. The van der Waals surface area contributed by atoms with Crippen molar-refractivity contribution in [1.82, 2.24) is 0 Å². The molecule has 3 heteroatoms. The van der Waals surface area contributed by atoms with E-state index in [1.54, 1.807) is 0 Å². The van der Waals surface area contributed by atoms with Crippen LogP contribution in [0.1, 0.15) is 13.8 Å². The Morgan fingerprint density at radius 1 is 1.73 bits per heavy atom. The van der Waals surface area contributed by atoms with E-state index in [4.69, 9.17) is 9.84 Å². The van der Waals surface area contributed by atoms with Gasteiger partial charge < -0.3 is 9.84 Å². The molecule has 2 rings (SSSR count). The highest BCUT2D eigenvalue weighted by Gasteiger charge is 2.80. The molecule has 1 N–H and O–H groups in total. The van der Waals surface area contributed by atoms with Crippen molar-refractivity contribution in [2.45, 2.75) is 13.8 Å². The molecule has 1 heterocycles. The van der Waals surface area contributed by atoms with Gasteiger partial charge in [-0.3, -0.25) is 4.79 Å². The maximum Gasteiger partial charge on any atom is 0.316 e. The van der Waals surface area contributed by atoms with Crippen LogP contribution in [0.5, 0.6) is 0 Å². The highest BCUT2D eigenvalue weighted by atomic mass is 16.6. The molecule has 0 aromatic rings. The van der Waals surface area contributed by atoms with E-state index in [0.29, 0.717) is 6.61 Å². The molecule has 2 aliphatic rings. The average molecular weight is 156 g/mol. The van der Waals surface area contributed by atoms with Crippen molar-refractivity contribution in [2.75, 3.05) is 13.2 Å². The first-order valence-electron chi connectivity index (χ1n) is 3.85. The number of aliphatic hydroxyl groups is 1. The van der Waals surface area contributed by atoms with Crippen LogP contribution in [-0.4, -0.2) is 24.3 Å². The van der Waals surface area contributed by atoms with Crippen molar-refractivity contribution < 1.29 is 14.6 Å². The molecule has 0 aromatic heterocycles. The van der Waals surface area contributed by atoms with Crippen LogP contribution in [0.4, 0.5) is 0 Å². The van der Waals surface area contributed by atoms with Gasteiger partial charge in [0, 0.05) is 12.5 Å². The molecule has 0 radical (unpaired) electrons. The van der Waals surface area contributed by atoms with E-state index >= 15 is 0 Å². The second-order valence-corrected chi connectivity index (χ2v) is 4.00. The van der Waals surface area contributed by atoms with E-state index in [1.807, 2.05) is 13.8 Å². The highest BCUT2D eigenvalue weighted by molar-refractivity contribution is 5.87. The molecule has 3 nitrogen and oxygen atoms in total. The average Bonchev–Trinajstić information content (AvgIpc) is 2.46. The fourth-order valence-electron chi connectivity index (χ4n) is 2.33. The van der Waals surface area contributed by atoms with E-state index in [0.717, 1.165) is 0 Å². The molecule has 1 saturated heterocycles. The Balaban J connectivity index is 2.25. The quantitative estimate of drug-likeness (QED) is 0.551. The zero-order chi connectivity index (χ0) is 8.28. The lowest BCUT2D eigenvalue weighted by atomic mass is 9.93. The minimum absolute atomic E-state index is 0.0446. The number of carbonyl (C=O) groups excluding carboxylic acids is 1. The van der Waals surface area contributed by atoms with Crippen molar-refractivity contribution in [3.05, 3.63) is 0 Å². The molecule has 0 aromatic carbocycles. The molecular weight excluding hydrogens is 144 g/mol. The summed E-state index contributed by atoms with van der Waals surface area (Å²) in [5.74, 6) is -0.00204. The van der Waals surface area contributed by atoms with Crippen molar-refractivity contribution in [1.29, 1.82) is 0 Å². The maximum absolute atomic E-state index is 11.1. The van der Waals surface area contributed by atoms with Crippen LogP contribution in [0.15, 0.2) is 0 Å². The first-order valence-corrected chi connectivity index (χ1v) is 3.85. The Hall–Kier alpha value is -0.570. The third-order valence-electron chi connectivity index (χ3n) is 3.51. The SMILES string of the molecule is CC1(C)C(CO)C12COC2=O. The van der Waals surface area contributed by atoms with Gasteiger partial charge in [-0.05, 0) is 5.41 Å². The van der Waals surface area contributed by atoms with Gasteiger partial charge >= 0.3 is 5.97 Å². The summed E-state index contributed by atoms with van der Waals surface area (Å²) in [6.45, 7) is 4.62. The van der Waals surface area contributed by atoms with Crippen LogP contribution in [0.2, 0.25) is 0 Å². The fourth-order valence-corrected chi connectivity index (χ4v) is 2.33. The minimum atomic E-state index is -0.318. The number of esters is 1. The summed E-state index contributed by atoms with van der Waals surface area (Å²) in [5.41, 5.74) is -0.362. The van der Waals surface area contributed by atoms with Crippen molar-refractivity contribution in [2.24, 2.45) is 16.7 Å². The number of hydrogen-bond acceptors (Lipinski definition) is 3. The lowest BCUT2D eigenvalue weighted by Crippen LogP contribution is -2.41. The zero-order valence-corrected chi connectivity index (χ0v) is 6.76. The standard InChI is InChI=1S/C8H12O3/c1-7(2)5(3-9)8(7)4-11-6(8)10/h5,9H,3-4H2,1-2H3. The lowest BCUT2D eigenvalue weighted by Gasteiger charge is -2.28. The van der Waals surface area contributed by atoms with Gasteiger partial charge in [-0.25, -0.2) is 0 Å². The number of hydrogen-bond donors (Lipinski definition) is 1. The van der Waals surface area contributed by atoms with Crippen LogP contribution in [-0.2, 0) is 9.53 Å². The summed E-state index contributed by atoms with van der Waals surface area (Å²) in [6, 6.07) is 0. The van der Waals surface area contributed by atoms with E-state index in [2.05, 4.69) is 0 Å². The van der Waals surface area contributed by atoms with E-state index in [9.17, 15) is 4.79 Å². The van der Waals surface area contributed by atoms with Gasteiger partial charge in [0.2, 0.25) is 0 Å². The van der Waals surface area contributed by atoms with Crippen LogP contribution < -0.4 is 0 Å². The van der Waals surface area contributed by atoms with Gasteiger partial charge in [0.25, 0.3) is 0 Å². The summed E-state index contributed by atoms with van der Waals surface area (Å²) >= 11 is 0. The number of cyclic esters (lactones) is 1. The summed E-state index contributed by atoms with van der Waals surface area (Å²) in [5, 5.41) is 8.95. The van der Waals surface area contributed by atoms with Crippen LogP contribution in [0, 0.1) is 16.7 Å². The van der Waals surface area contributed by atoms with E-state index < -0.39 is 0 Å². The van der Waals surface area contributed by atoms with E-state index in [1.165, 1.54) is 0 Å². The summed E-state index contributed by atoms with van der Waals surface area (Å²) < 4.78 is 4.73. The van der Waals surface area contributed by atoms with Crippen molar-refractivity contribution >= 4 is 5.97 Å². The Morgan fingerprint density at radius 3 is 2.45 bits per heavy atom. The Kier molecular flexibility index (Phi) is 1.04. The summed E-state index contributed by atoms with van der Waals surface area (Å²) in [7, 11) is 0. The minimum Gasteiger partial charge on any atom is -0.464 e. The number of ether oxygens (including phenoxy) is 1. The molecule has 11 heavy (non-hydrogen) atoms. The smallest absolute Gasteiger partial charge is 0.316 e.